The van der Waals surface area contributed by atoms with Gasteiger partial charge in [0, 0.05) is 22.7 Å². The van der Waals surface area contributed by atoms with E-state index in [-0.39, 0.29) is 0 Å². The Kier molecular flexibility index (Phi) is 4.82. The average Bonchev–Trinajstić information content (AvgIpc) is 2.13. The second kappa shape index (κ2) is 5.73. The first-order valence-corrected chi connectivity index (χ1v) is 5.91. The number of alkyl halides is 3. The molecule has 0 saturated heterocycles. The molecule has 0 spiro atoms. The lowest BCUT2D eigenvalue weighted by Crippen LogP contribution is -2.30. The number of nitrogen functional groups attached to an aromatic ring is 1. The summed E-state index contributed by atoms with van der Waals surface area (Å²) in [5.74, 6) is 0. The van der Waals surface area contributed by atoms with Gasteiger partial charge in [0.25, 0.3) is 0 Å². The van der Waals surface area contributed by atoms with Crippen molar-refractivity contribution in [1.82, 2.24) is 5.32 Å². The second-order valence-corrected chi connectivity index (χ2v) is 4.86. The molecule has 17 heavy (non-hydrogen) atoms. The highest BCUT2D eigenvalue weighted by atomic mass is 79.9. The van der Waals surface area contributed by atoms with Gasteiger partial charge in [-0.1, -0.05) is 22.0 Å². The van der Waals surface area contributed by atoms with E-state index in [0.717, 1.165) is 10.0 Å². The standard InChI is InChI=1S/C11H14BrF3N2/c1-7(5-11(13,14)15)17-6-8-2-3-9(12)4-10(8)16/h2-4,7,17H,5-6,16H2,1H3. The van der Waals surface area contributed by atoms with E-state index in [1.165, 1.54) is 6.92 Å². The zero-order valence-electron chi connectivity index (χ0n) is 9.31. The molecule has 3 N–H and O–H groups in total. The molecular weight excluding hydrogens is 297 g/mol. The number of rotatable bonds is 4. The third-order valence-corrected chi connectivity index (χ3v) is 2.78. The van der Waals surface area contributed by atoms with Crippen molar-refractivity contribution in [2.24, 2.45) is 0 Å². The molecular formula is C11H14BrF3N2. The summed E-state index contributed by atoms with van der Waals surface area (Å²) >= 11 is 3.27. The number of benzene rings is 1. The van der Waals surface area contributed by atoms with Gasteiger partial charge < -0.3 is 11.1 Å². The van der Waals surface area contributed by atoms with Crippen LogP contribution in [-0.4, -0.2) is 12.2 Å². The minimum atomic E-state index is -4.14. The van der Waals surface area contributed by atoms with E-state index in [0.29, 0.717) is 12.2 Å². The molecule has 0 aliphatic carbocycles. The zero-order chi connectivity index (χ0) is 13.1. The van der Waals surface area contributed by atoms with E-state index in [2.05, 4.69) is 21.2 Å². The van der Waals surface area contributed by atoms with E-state index in [4.69, 9.17) is 5.73 Å². The third kappa shape index (κ3) is 5.41. The van der Waals surface area contributed by atoms with Crippen LogP contribution in [0, 0.1) is 0 Å². The number of nitrogens with one attached hydrogen (secondary N) is 1. The largest absolute Gasteiger partial charge is 0.398 e. The van der Waals surface area contributed by atoms with E-state index in [1.54, 1.807) is 12.1 Å². The topological polar surface area (TPSA) is 38.0 Å². The molecule has 1 unspecified atom stereocenters. The van der Waals surface area contributed by atoms with Crippen molar-refractivity contribution in [2.75, 3.05) is 5.73 Å². The van der Waals surface area contributed by atoms with Crippen LogP contribution in [0.3, 0.4) is 0 Å². The van der Waals surface area contributed by atoms with Gasteiger partial charge in [-0.05, 0) is 24.6 Å². The molecule has 1 atom stereocenters. The smallest absolute Gasteiger partial charge is 0.390 e. The summed E-state index contributed by atoms with van der Waals surface area (Å²) in [7, 11) is 0. The predicted molar refractivity (Wildman–Crippen MR) is 65.5 cm³/mol. The summed E-state index contributed by atoms with van der Waals surface area (Å²) in [5, 5.41) is 2.80. The maximum absolute atomic E-state index is 12.1. The minimum absolute atomic E-state index is 0.330. The first-order chi connectivity index (χ1) is 7.78. The van der Waals surface area contributed by atoms with Crippen molar-refractivity contribution in [3.05, 3.63) is 28.2 Å². The summed E-state index contributed by atoms with van der Waals surface area (Å²) < 4.78 is 37.1. The van der Waals surface area contributed by atoms with Crippen molar-refractivity contribution >= 4 is 21.6 Å². The fourth-order valence-electron chi connectivity index (χ4n) is 1.43. The Morgan fingerprint density at radius 3 is 2.59 bits per heavy atom. The molecule has 0 fully saturated rings. The van der Waals surface area contributed by atoms with E-state index >= 15 is 0 Å². The third-order valence-electron chi connectivity index (χ3n) is 2.29. The molecule has 0 amide bonds. The zero-order valence-corrected chi connectivity index (χ0v) is 10.9. The normalized spacial score (nSPS) is 13.7. The van der Waals surface area contributed by atoms with Crippen molar-refractivity contribution in [1.29, 1.82) is 0 Å². The lowest BCUT2D eigenvalue weighted by atomic mass is 10.1. The molecule has 0 aliphatic heterocycles. The number of hydrogen-bond acceptors (Lipinski definition) is 2. The van der Waals surface area contributed by atoms with Crippen molar-refractivity contribution < 1.29 is 13.2 Å². The molecule has 0 saturated carbocycles. The average molecular weight is 311 g/mol. The highest BCUT2D eigenvalue weighted by molar-refractivity contribution is 9.10. The van der Waals surface area contributed by atoms with Gasteiger partial charge in [0.15, 0.2) is 0 Å². The molecule has 0 bridgehead atoms. The Balaban J connectivity index is 2.50. The van der Waals surface area contributed by atoms with Gasteiger partial charge >= 0.3 is 6.18 Å². The monoisotopic (exact) mass is 310 g/mol. The Morgan fingerprint density at radius 1 is 1.41 bits per heavy atom. The van der Waals surface area contributed by atoms with Gasteiger partial charge in [-0.2, -0.15) is 13.2 Å². The minimum Gasteiger partial charge on any atom is -0.398 e. The lowest BCUT2D eigenvalue weighted by molar-refractivity contribution is -0.139. The SMILES string of the molecule is CC(CC(F)(F)F)NCc1ccc(Br)cc1N. The molecule has 0 aliphatic rings. The summed E-state index contributed by atoms with van der Waals surface area (Å²) in [6.45, 7) is 1.83. The van der Waals surface area contributed by atoms with Crippen LogP contribution < -0.4 is 11.1 Å². The quantitative estimate of drug-likeness (QED) is 0.836. The summed E-state index contributed by atoms with van der Waals surface area (Å²) in [5.41, 5.74) is 7.10. The van der Waals surface area contributed by atoms with E-state index in [1.807, 2.05) is 6.07 Å². The van der Waals surface area contributed by atoms with Crippen LogP contribution in [0.4, 0.5) is 18.9 Å². The van der Waals surface area contributed by atoms with E-state index in [9.17, 15) is 13.2 Å². The van der Waals surface area contributed by atoms with Crippen molar-refractivity contribution in [3.8, 4) is 0 Å². The van der Waals surface area contributed by atoms with Gasteiger partial charge in [0.1, 0.15) is 0 Å². The van der Waals surface area contributed by atoms with Gasteiger partial charge in [0.2, 0.25) is 0 Å². The highest BCUT2D eigenvalue weighted by Gasteiger charge is 2.29. The molecule has 1 aromatic carbocycles. The highest BCUT2D eigenvalue weighted by Crippen LogP contribution is 2.22. The van der Waals surface area contributed by atoms with Crippen LogP contribution >= 0.6 is 15.9 Å². The maximum atomic E-state index is 12.1. The molecule has 96 valence electrons. The van der Waals surface area contributed by atoms with Crippen LogP contribution in [0.25, 0.3) is 0 Å². The first kappa shape index (κ1) is 14.3. The van der Waals surface area contributed by atoms with Gasteiger partial charge in [-0.3, -0.25) is 0 Å². The number of halogens is 4. The lowest BCUT2D eigenvalue weighted by Gasteiger charge is -2.16. The van der Waals surface area contributed by atoms with Crippen LogP contribution in [0.15, 0.2) is 22.7 Å². The van der Waals surface area contributed by atoms with Crippen LogP contribution in [0.5, 0.6) is 0 Å². The maximum Gasteiger partial charge on any atom is 0.390 e. The Bertz CT molecular complexity index is 379. The van der Waals surface area contributed by atoms with Gasteiger partial charge in [0.05, 0.1) is 6.42 Å². The van der Waals surface area contributed by atoms with Crippen molar-refractivity contribution in [2.45, 2.75) is 32.1 Å². The molecule has 0 aromatic heterocycles. The number of nitrogens with two attached hydrogens (primary N) is 1. The molecule has 2 nitrogen and oxygen atoms in total. The second-order valence-electron chi connectivity index (χ2n) is 3.94. The fourth-order valence-corrected chi connectivity index (χ4v) is 1.81. The Morgan fingerprint density at radius 2 is 2.06 bits per heavy atom. The van der Waals surface area contributed by atoms with Crippen LogP contribution in [0.2, 0.25) is 0 Å². The Hall–Kier alpha value is -0.750. The number of hydrogen-bond donors (Lipinski definition) is 2. The first-order valence-electron chi connectivity index (χ1n) is 5.12. The van der Waals surface area contributed by atoms with E-state index < -0.39 is 18.6 Å². The molecule has 1 rings (SSSR count). The van der Waals surface area contributed by atoms with Crippen LogP contribution in [0.1, 0.15) is 18.9 Å². The fraction of sp³-hybridized carbons (Fsp3) is 0.455. The van der Waals surface area contributed by atoms with Crippen LogP contribution in [-0.2, 0) is 6.54 Å². The molecule has 0 heterocycles. The van der Waals surface area contributed by atoms with Gasteiger partial charge in [-0.15, -0.1) is 0 Å². The van der Waals surface area contributed by atoms with Gasteiger partial charge in [-0.25, -0.2) is 0 Å². The number of anilines is 1. The summed E-state index contributed by atoms with van der Waals surface area (Å²) in [4.78, 5) is 0. The summed E-state index contributed by atoms with van der Waals surface area (Å²) in [6.07, 6.45) is -4.99. The molecule has 0 radical (unpaired) electrons. The predicted octanol–water partition coefficient (Wildman–Crippen LogP) is 3.46. The molecule has 6 heteroatoms. The molecule has 1 aromatic rings. The van der Waals surface area contributed by atoms with Crippen molar-refractivity contribution in [3.63, 3.8) is 0 Å². The Labute approximate surface area is 107 Å². The summed E-state index contributed by atoms with van der Waals surface area (Å²) in [6, 6.07) is 4.69.